The first-order valence-corrected chi connectivity index (χ1v) is 8.12. The van der Waals surface area contributed by atoms with Gasteiger partial charge in [-0.1, -0.05) is 0 Å². The van der Waals surface area contributed by atoms with Crippen LogP contribution in [0.15, 0.2) is 46.9 Å². The van der Waals surface area contributed by atoms with Gasteiger partial charge in [0.15, 0.2) is 4.96 Å². The summed E-state index contributed by atoms with van der Waals surface area (Å²) >= 11 is 3.26. The van der Waals surface area contributed by atoms with E-state index in [0.29, 0.717) is 0 Å². The van der Waals surface area contributed by atoms with E-state index in [1.807, 2.05) is 22.2 Å². The van der Waals surface area contributed by atoms with Gasteiger partial charge in [0.1, 0.15) is 5.82 Å². The van der Waals surface area contributed by atoms with Crippen molar-refractivity contribution in [2.45, 2.75) is 17.4 Å². The fourth-order valence-electron chi connectivity index (χ4n) is 1.94. The molecule has 0 saturated carbocycles. The lowest BCUT2D eigenvalue weighted by Crippen LogP contribution is -2.25. The van der Waals surface area contributed by atoms with Gasteiger partial charge in [-0.2, -0.15) is 0 Å². The number of thiazole rings is 1. The maximum atomic E-state index is 12.8. The standard InChI is InChI=1S/C14H14FN3S2/c15-10-1-3-13(4-2-10)20-9-11(16)7-12-8-18-5-6-19-14(18)17-12/h1-6,8,11H,7,9,16H2. The van der Waals surface area contributed by atoms with Crippen LogP contribution in [0.25, 0.3) is 4.96 Å². The average Bonchev–Trinajstić information content (AvgIpc) is 2.99. The minimum absolute atomic E-state index is 0.0367. The molecule has 2 N–H and O–H groups in total. The third kappa shape index (κ3) is 3.20. The van der Waals surface area contributed by atoms with Crippen molar-refractivity contribution in [3.8, 4) is 0 Å². The zero-order valence-electron chi connectivity index (χ0n) is 10.7. The first-order valence-electron chi connectivity index (χ1n) is 6.26. The summed E-state index contributed by atoms with van der Waals surface area (Å²) in [6.07, 6.45) is 4.77. The molecule has 104 valence electrons. The molecule has 0 spiro atoms. The van der Waals surface area contributed by atoms with Crippen LogP contribution in [0.4, 0.5) is 4.39 Å². The van der Waals surface area contributed by atoms with Crippen molar-refractivity contribution in [2.75, 3.05) is 5.75 Å². The summed E-state index contributed by atoms with van der Waals surface area (Å²) in [5.74, 6) is 0.577. The zero-order valence-corrected chi connectivity index (χ0v) is 12.3. The number of hydrogen-bond acceptors (Lipinski definition) is 4. The van der Waals surface area contributed by atoms with Gasteiger partial charge >= 0.3 is 0 Å². The monoisotopic (exact) mass is 307 g/mol. The predicted octanol–water partition coefficient (Wildman–Crippen LogP) is 3.20. The number of benzene rings is 1. The van der Waals surface area contributed by atoms with Crippen molar-refractivity contribution in [1.29, 1.82) is 0 Å². The molecule has 0 saturated heterocycles. The van der Waals surface area contributed by atoms with E-state index in [9.17, 15) is 4.39 Å². The Bertz CT molecular complexity index is 661. The molecule has 0 radical (unpaired) electrons. The molecular formula is C14H14FN3S2. The molecule has 1 aromatic carbocycles. The fraction of sp³-hybridized carbons (Fsp3) is 0.214. The number of hydrogen-bond donors (Lipinski definition) is 1. The van der Waals surface area contributed by atoms with Gasteiger partial charge in [0.05, 0.1) is 5.69 Å². The highest BCUT2D eigenvalue weighted by atomic mass is 32.2. The van der Waals surface area contributed by atoms with E-state index in [4.69, 9.17) is 5.73 Å². The SMILES string of the molecule is NC(CSc1ccc(F)cc1)Cc1cn2ccsc2n1. The summed E-state index contributed by atoms with van der Waals surface area (Å²) in [7, 11) is 0. The Labute approximate surface area is 124 Å². The summed E-state index contributed by atoms with van der Waals surface area (Å²) in [6, 6.07) is 6.53. The van der Waals surface area contributed by atoms with E-state index in [2.05, 4.69) is 4.98 Å². The molecule has 2 aromatic heterocycles. The molecule has 20 heavy (non-hydrogen) atoms. The van der Waals surface area contributed by atoms with Gasteiger partial charge in [-0.3, -0.25) is 4.40 Å². The number of rotatable bonds is 5. The number of fused-ring (bicyclic) bond motifs is 1. The summed E-state index contributed by atoms with van der Waals surface area (Å²) in [5, 5.41) is 2.01. The Hall–Kier alpha value is -1.37. The first-order chi connectivity index (χ1) is 9.70. The molecule has 0 bridgehead atoms. The van der Waals surface area contributed by atoms with E-state index < -0.39 is 0 Å². The minimum Gasteiger partial charge on any atom is -0.327 e. The Balaban J connectivity index is 1.55. The number of aromatic nitrogens is 2. The number of nitrogens with two attached hydrogens (primary N) is 1. The maximum Gasteiger partial charge on any atom is 0.193 e. The highest BCUT2D eigenvalue weighted by Gasteiger charge is 2.09. The van der Waals surface area contributed by atoms with E-state index in [1.165, 1.54) is 12.1 Å². The number of halogens is 1. The second-order valence-corrected chi connectivity index (χ2v) is 6.52. The molecular weight excluding hydrogens is 293 g/mol. The molecule has 0 aliphatic rings. The Morgan fingerprint density at radius 1 is 1.35 bits per heavy atom. The van der Waals surface area contributed by atoms with Gasteiger partial charge in [0.2, 0.25) is 0 Å². The summed E-state index contributed by atoms with van der Waals surface area (Å²) < 4.78 is 14.8. The van der Waals surface area contributed by atoms with E-state index in [-0.39, 0.29) is 11.9 Å². The quantitative estimate of drug-likeness (QED) is 0.736. The van der Waals surface area contributed by atoms with Crippen molar-refractivity contribution < 1.29 is 4.39 Å². The van der Waals surface area contributed by atoms with Crippen LogP contribution >= 0.6 is 23.1 Å². The lowest BCUT2D eigenvalue weighted by atomic mass is 10.2. The third-order valence-electron chi connectivity index (χ3n) is 2.89. The van der Waals surface area contributed by atoms with Crippen molar-refractivity contribution >= 4 is 28.1 Å². The van der Waals surface area contributed by atoms with Crippen molar-refractivity contribution in [1.82, 2.24) is 9.38 Å². The van der Waals surface area contributed by atoms with Gasteiger partial charge in [0, 0.05) is 40.9 Å². The van der Waals surface area contributed by atoms with E-state index in [1.54, 1.807) is 35.2 Å². The molecule has 6 heteroatoms. The molecule has 1 atom stereocenters. The zero-order chi connectivity index (χ0) is 13.9. The van der Waals surface area contributed by atoms with Crippen LogP contribution in [0.3, 0.4) is 0 Å². The molecule has 3 rings (SSSR count). The molecule has 0 aliphatic heterocycles. The largest absolute Gasteiger partial charge is 0.327 e. The Morgan fingerprint density at radius 3 is 2.90 bits per heavy atom. The minimum atomic E-state index is -0.211. The van der Waals surface area contributed by atoms with Crippen LogP contribution in [-0.4, -0.2) is 21.2 Å². The second kappa shape index (κ2) is 5.95. The molecule has 0 aliphatic carbocycles. The Kier molecular flexibility index (Phi) is 4.05. The van der Waals surface area contributed by atoms with Crippen LogP contribution < -0.4 is 5.73 Å². The summed E-state index contributed by atoms with van der Waals surface area (Å²) in [6.45, 7) is 0. The van der Waals surface area contributed by atoms with Gasteiger partial charge in [-0.15, -0.1) is 23.1 Å². The third-order valence-corrected chi connectivity index (χ3v) is 4.86. The molecule has 1 unspecified atom stereocenters. The van der Waals surface area contributed by atoms with Gasteiger partial charge in [-0.05, 0) is 24.3 Å². The fourth-order valence-corrected chi connectivity index (χ4v) is 3.51. The smallest absolute Gasteiger partial charge is 0.193 e. The normalized spacial score (nSPS) is 12.9. The van der Waals surface area contributed by atoms with Crippen molar-refractivity contribution in [2.24, 2.45) is 5.73 Å². The molecule has 0 amide bonds. The Morgan fingerprint density at radius 2 is 2.15 bits per heavy atom. The van der Waals surface area contributed by atoms with Gasteiger partial charge in [0.25, 0.3) is 0 Å². The first kappa shape index (κ1) is 13.6. The molecule has 2 heterocycles. The predicted molar refractivity (Wildman–Crippen MR) is 81.9 cm³/mol. The number of nitrogens with zero attached hydrogens (tertiary/aromatic N) is 2. The van der Waals surface area contributed by atoms with Gasteiger partial charge in [-0.25, -0.2) is 9.37 Å². The molecule has 3 nitrogen and oxygen atoms in total. The van der Waals surface area contributed by atoms with Crippen molar-refractivity contribution in [3.05, 3.63) is 53.6 Å². The lowest BCUT2D eigenvalue weighted by molar-refractivity contribution is 0.626. The summed E-state index contributed by atoms with van der Waals surface area (Å²) in [5.41, 5.74) is 7.15. The molecule has 3 aromatic rings. The van der Waals surface area contributed by atoms with Crippen LogP contribution in [0.5, 0.6) is 0 Å². The van der Waals surface area contributed by atoms with E-state index in [0.717, 1.165) is 27.7 Å². The summed E-state index contributed by atoms with van der Waals surface area (Å²) in [4.78, 5) is 6.56. The van der Waals surface area contributed by atoms with Crippen molar-refractivity contribution in [3.63, 3.8) is 0 Å². The number of thioether (sulfide) groups is 1. The van der Waals surface area contributed by atoms with Crippen LogP contribution in [0, 0.1) is 5.82 Å². The van der Waals surface area contributed by atoms with Gasteiger partial charge < -0.3 is 5.73 Å². The second-order valence-electron chi connectivity index (χ2n) is 4.55. The topological polar surface area (TPSA) is 43.3 Å². The van der Waals surface area contributed by atoms with Crippen LogP contribution in [-0.2, 0) is 6.42 Å². The van der Waals surface area contributed by atoms with Crippen LogP contribution in [0.2, 0.25) is 0 Å². The number of imidazole rings is 1. The highest BCUT2D eigenvalue weighted by Crippen LogP contribution is 2.20. The maximum absolute atomic E-state index is 12.8. The average molecular weight is 307 g/mol. The highest BCUT2D eigenvalue weighted by molar-refractivity contribution is 7.99. The lowest BCUT2D eigenvalue weighted by Gasteiger charge is -2.09. The van der Waals surface area contributed by atoms with Crippen LogP contribution in [0.1, 0.15) is 5.69 Å². The van der Waals surface area contributed by atoms with E-state index >= 15 is 0 Å². The molecule has 0 fully saturated rings.